The second kappa shape index (κ2) is 7.33. The van der Waals surface area contributed by atoms with Gasteiger partial charge in [0.2, 0.25) is 0 Å². The molecule has 2 aromatic rings. The topological polar surface area (TPSA) is 54.7 Å². The Bertz CT molecular complexity index is 635. The number of anilines is 1. The summed E-state index contributed by atoms with van der Waals surface area (Å²) in [5, 5.41) is 9.32. The van der Waals surface area contributed by atoms with Crippen LogP contribution < -0.4 is 5.73 Å². The summed E-state index contributed by atoms with van der Waals surface area (Å²) in [6.45, 7) is 2.87. The van der Waals surface area contributed by atoms with Crippen LogP contribution in [0.5, 0.6) is 0 Å². The monoisotopic (exact) mass is 345 g/mol. The number of unbranched alkanes of at least 4 members (excludes halogenated alkanes) is 2. The number of nitrogens with zero attached hydrogens (tertiary/aromatic N) is 2. The first-order valence-electron chi connectivity index (χ1n) is 7.28. The molecule has 2 N–H and O–H groups in total. The third kappa shape index (κ3) is 3.89. The van der Waals surface area contributed by atoms with Crippen molar-refractivity contribution in [2.24, 2.45) is 0 Å². The van der Waals surface area contributed by atoms with Gasteiger partial charge in [-0.3, -0.25) is 0 Å². The molecular formula is C17H20BrN3. The summed E-state index contributed by atoms with van der Waals surface area (Å²) in [7, 11) is 0. The summed E-state index contributed by atoms with van der Waals surface area (Å²) in [6, 6.07) is 12.2. The van der Waals surface area contributed by atoms with Gasteiger partial charge in [0.25, 0.3) is 0 Å². The van der Waals surface area contributed by atoms with Crippen LogP contribution in [0.25, 0.3) is 0 Å². The Morgan fingerprint density at radius 3 is 2.57 bits per heavy atom. The Labute approximate surface area is 134 Å². The molecule has 0 spiro atoms. The molecule has 0 amide bonds. The van der Waals surface area contributed by atoms with Crippen molar-refractivity contribution < 1.29 is 0 Å². The number of nitrogen functional groups attached to an aromatic ring is 1. The van der Waals surface area contributed by atoms with Gasteiger partial charge in [-0.25, -0.2) is 0 Å². The van der Waals surface area contributed by atoms with Crippen LogP contribution in [0.4, 0.5) is 5.69 Å². The summed E-state index contributed by atoms with van der Waals surface area (Å²) in [6.07, 6.45) is 4.40. The number of hydrogen-bond donors (Lipinski definition) is 1. The van der Waals surface area contributed by atoms with Gasteiger partial charge in [0.15, 0.2) is 0 Å². The maximum absolute atomic E-state index is 9.32. The number of halogens is 1. The predicted octanol–water partition coefficient (Wildman–Crippen LogP) is 4.49. The summed E-state index contributed by atoms with van der Waals surface area (Å²) >= 11 is 3.44. The lowest BCUT2D eigenvalue weighted by molar-refractivity contribution is 0.665. The second-order valence-electron chi connectivity index (χ2n) is 5.21. The number of aromatic nitrogens is 1. The van der Waals surface area contributed by atoms with E-state index in [1.54, 1.807) is 6.07 Å². The van der Waals surface area contributed by atoms with Crippen molar-refractivity contribution in [3.8, 4) is 6.07 Å². The van der Waals surface area contributed by atoms with Crippen LogP contribution in [0, 0.1) is 11.3 Å². The average Bonchev–Trinajstić information content (AvgIpc) is 2.78. The van der Waals surface area contributed by atoms with E-state index in [0.29, 0.717) is 12.2 Å². The van der Waals surface area contributed by atoms with Crippen molar-refractivity contribution in [3.05, 3.63) is 51.8 Å². The Kier molecular flexibility index (Phi) is 5.46. The summed E-state index contributed by atoms with van der Waals surface area (Å²) in [4.78, 5) is 0. The summed E-state index contributed by atoms with van der Waals surface area (Å²) < 4.78 is 3.11. The first-order chi connectivity index (χ1) is 10.2. The van der Waals surface area contributed by atoms with Crippen molar-refractivity contribution in [2.45, 2.75) is 39.2 Å². The molecule has 0 atom stereocenters. The molecule has 110 valence electrons. The molecule has 0 aliphatic heterocycles. The predicted molar refractivity (Wildman–Crippen MR) is 90.0 cm³/mol. The molecule has 1 heterocycles. The van der Waals surface area contributed by atoms with E-state index in [0.717, 1.165) is 28.7 Å². The van der Waals surface area contributed by atoms with Gasteiger partial charge in [-0.1, -0.05) is 47.8 Å². The minimum Gasteiger partial charge on any atom is -0.397 e. The third-order valence-corrected chi connectivity index (χ3v) is 4.16. The quantitative estimate of drug-likeness (QED) is 0.784. The normalized spacial score (nSPS) is 10.5. The zero-order valence-electron chi connectivity index (χ0n) is 12.3. The van der Waals surface area contributed by atoms with Gasteiger partial charge in [0.1, 0.15) is 11.8 Å². The second-order valence-corrected chi connectivity index (χ2v) is 6.13. The van der Waals surface area contributed by atoms with Crippen LogP contribution in [0.15, 0.2) is 34.8 Å². The number of nitriles is 1. The average molecular weight is 346 g/mol. The molecule has 1 aromatic carbocycles. The van der Waals surface area contributed by atoms with E-state index in [-0.39, 0.29) is 0 Å². The summed E-state index contributed by atoms with van der Waals surface area (Å²) in [5.41, 5.74) is 9.73. The van der Waals surface area contributed by atoms with Crippen molar-refractivity contribution in [1.29, 1.82) is 5.26 Å². The highest BCUT2D eigenvalue weighted by molar-refractivity contribution is 9.10. The van der Waals surface area contributed by atoms with Crippen molar-refractivity contribution >= 4 is 21.6 Å². The lowest BCUT2D eigenvalue weighted by Crippen LogP contribution is -2.08. The van der Waals surface area contributed by atoms with Crippen molar-refractivity contribution in [1.82, 2.24) is 4.57 Å². The standard InChI is InChI=1S/C17H20BrN3/c1-2-3-4-5-17-16(20)10-15(11-19)21(17)12-13-6-8-14(18)9-7-13/h6-10H,2-5,12,20H2,1H3. The fraction of sp³-hybridized carbons (Fsp3) is 0.353. The Balaban J connectivity index is 2.27. The van der Waals surface area contributed by atoms with E-state index < -0.39 is 0 Å². The van der Waals surface area contributed by atoms with Crippen LogP contribution >= 0.6 is 15.9 Å². The van der Waals surface area contributed by atoms with E-state index in [2.05, 4.69) is 41.1 Å². The zero-order chi connectivity index (χ0) is 15.2. The molecular weight excluding hydrogens is 326 g/mol. The van der Waals surface area contributed by atoms with Crippen molar-refractivity contribution in [3.63, 3.8) is 0 Å². The Morgan fingerprint density at radius 2 is 1.95 bits per heavy atom. The lowest BCUT2D eigenvalue weighted by atomic mass is 10.1. The van der Waals surface area contributed by atoms with Crippen LogP contribution in [-0.4, -0.2) is 4.57 Å². The maximum atomic E-state index is 9.32. The summed E-state index contributed by atoms with van der Waals surface area (Å²) in [5.74, 6) is 0. The molecule has 0 saturated heterocycles. The van der Waals surface area contributed by atoms with E-state index in [4.69, 9.17) is 5.73 Å². The molecule has 0 unspecified atom stereocenters. The van der Waals surface area contributed by atoms with Crippen LogP contribution in [0.1, 0.15) is 43.1 Å². The van der Waals surface area contributed by atoms with Crippen LogP contribution in [-0.2, 0) is 13.0 Å². The van der Waals surface area contributed by atoms with E-state index in [1.807, 2.05) is 16.7 Å². The van der Waals surface area contributed by atoms with E-state index in [9.17, 15) is 5.26 Å². The Hall–Kier alpha value is -1.73. The van der Waals surface area contributed by atoms with Crippen LogP contribution in [0.3, 0.4) is 0 Å². The third-order valence-electron chi connectivity index (χ3n) is 3.63. The molecule has 2 rings (SSSR count). The highest BCUT2D eigenvalue weighted by atomic mass is 79.9. The van der Waals surface area contributed by atoms with Gasteiger partial charge < -0.3 is 10.3 Å². The van der Waals surface area contributed by atoms with Gasteiger partial charge in [-0.2, -0.15) is 5.26 Å². The molecule has 3 nitrogen and oxygen atoms in total. The SMILES string of the molecule is CCCCCc1c(N)cc(C#N)n1Cc1ccc(Br)cc1. The smallest absolute Gasteiger partial charge is 0.122 e. The molecule has 1 aromatic heterocycles. The van der Waals surface area contributed by atoms with Gasteiger partial charge in [0.05, 0.1) is 5.69 Å². The largest absolute Gasteiger partial charge is 0.397 e. The lowest BCUT2D eigenvalue weighted by Gasteiger charge is -2.11. The maximum Gasteiger partial charge on any atom is 0.122 e. The van der Waals surface area contributed by atoms with E-state index in [1.165, 1.54) is 18.4 Å². The first-order valence-corrected chi connectivity index (χ1v) is 8.07. The zero-order valence-corrected chi connectivity index (χ0v) is 13.9. The molecule has 0 radical (unpaired) electrons. The molecule has 0 aliphatic rings. The minimum atomic E-state index is 0.641. The van der Waals surface area contributed by atoms with Gasteiger partial charge in [-0.15, -0.1) is 0 Å². The highest BCUT2D eigenvalue weighted by Gasteiger charge is 2.13. The van der Waals surface area contributed by atoms with Crippen LogP contribution in [0.2, 0.25) is 0 Å². The molecule has 21 heavy (non-hydrogen) atoms. The first kappa shape index (κ1) is 15.7. The fourth-order valence-electron chi connectivity index (χ4n) is 2.48. The van der Waals surface area contributed by atoms with Gasteiger partial charge in [0, 0.05) is 16.7 Å². The molecule has 4 heteroatoms. The Morgan fingerprint density at radius 1 is 1.24 bits per heavy atom. The number of benzene rings is 1. The highest BCUT2D eigenvalue weighted by Crippen LogP contribution is 2.22. The van der Waals surface area contributed by atoms with Gasteiger partial charge in [-0.05, 0) is 36.6 Å². The van der Waals surface area contributed by atoms with Gasteiger partial charge >= 0.3 is 0 Å². The van der Waals surface area contributed by atoms with E-state index >= 15 is 0 Å². The molecule has 0 bridgehead atoms. The number of rotatable bonds is 6. The number of nitrogens with two attached hydrogens (primary N) is 1. The van der Waals surface area contributed by atoms with Crippen molar-refractivity contribution in [2.75, 3.05) is 5.73 Å². The molecule has 0 fully saturated rings. The molecule has 0 saturated carbocycles. The number of hydrogen-bond acceptors (Lipinski definition) is 2. The minimum absolute atomic E-state index is 0.641. The fourth-order valence-corrected chi connectivity index (χ4v) is 2.74. The molecule has 0 aliphatic carbocycles.